The number of aromatic nitrogens is 4. The molecule has 0 saturated heterocycles. The highest BCUT2D eigenvalue weighted by molar-refractivity contribution is 6.31. The van der Waals surface area contributed by atoms with Crippen molar-refractivity contribution >= 4 is 23.2 Å². The van der Waals surface area contributed by atoms with Crippen LogP contribution in [0.3, 0.4) is 0 Å². The molecular formula is C21H19ClFN5O2. The fraction of sp³-hybridized carbons (Fsp3) is 0.190. The second-order valence-corrected chi connectivity index (χ2v) is 7.27. The summed E-state index contributed by atoms with van der Waals surface area (Å²) in [6, 6.07) is 9.43. The Morgan fingerprint density at radius 1 is 1.23 bits per heavy atom. The van der Waals surface area contributed by atoms with E-state index in [2.05, 4.69) is 15.5 Å². The van der Waals surface area contributed by atoms with Crippen LogP contribution in [0.5, 0.6) is 0 Å². The van der Waals surface area contributed by atoms with E-state index < -0.39 is 5.82 Å². The number of nitrogens with one attached hydrogen (secondary N) is 1. The Bertz CT molecular complexity index is 1200. The summed E-state index contributed by atoms with van der Waals surface area (Å²) in [5.41, 5.74) is 2.74. The second-order valence-electron chi connectivity index (χ2n) is 6.86. The molecule has 0 aliphatic carbocycles. The summed E-state index contributed by atoms with van der Waals surface area (Å²) in [6.45, 7) is 4.44. The number of benzene rings is 1. The number of rotatable bonds is 6. The molecule has 0 saturated carbocycles. The van der Waals surface area contributed by atoms with Gasteiger partial charge in [0, 0.05) is 17.4 Å². The first-order chi connectivity index (χ1) is 14.4. The highest BCUT2D eigenvalue weighted by Gasteiger charge is 2.18. The zero-order valence-corrected chi connectivity index (χ0v) is 17.2. The molecule has 1 aromatic carbocycles. The van der Waals surface area contributed by atoms with Crippen LogP contribution in [0.4, 0.5) is 10.1 Å². The highest BCUT2D eigenvalue weighted by Crippen LogP contribution is 2.24. The van der Waals surface area contributed by atoms with Gasteiger partial charge >= 0.3 is 0 Å². The number of halogens is 2. The van der Waals surface area contributed by atoms with Crippen LogP contribution in [0.25, 0.3) is 0 Å². The van der Waals surface area contributed by atoms with Gasteiger partial charge in [0.25, 0.3) is 5.91 Å². The monoisotopic (exact) mass is 427 g/mol. The summed E-state index contributed by atoms with van der Waals surface area (Å²) < 4.78 is 22.4. The Hall–Kier alpha value is -3.39. The van der Waals surface area contributed by atoms with E-state index in [1.54, 1.807) is 40.7 Å². The van der Waals surface area contributed by atoms with Crippen LogP contribution in [0.2, 0.25) is 5.02 Å². The van der Waals surface area contributed by atoms with Gasteiger partial charge in [-0.25, -0.2) is 4.39 Å². The van der Waals surface area contributed by atoms with Crippen molar-refractivity contribution in [1.29, 1.82) is 0 Å². The molecule has 0 aliphatic heterocycles. The lowest BCUT2D eigenvalue weighted by molar-refractivity contribution is 0.0994. The topological polar surface area (TPSA) is 77.9 Å². The molecule has 0 aliphatic rings. The van der Waals surface area contributed by atoms with Crippen LogP contribution in [0.15, 0.2) is 53.2 Å². The lowest BCUT2D eigenvalue weighted by atomic mass is 10.2. The zero-order valence-electron chi connectivity index (χ0n) is 16.4. The Kier molecular flexibility index (Phi) is 5.41. The molecule has 0 unspecified atom stereocenters. The number of carbonyl (C=O) groups is 1. The molecule has 4 rings (SSSR count). The predicted molar refractivity (Wildman–Crippen MR) is 110 cm³/mol. The molecule has 154 valence electrons. The number of hydrogen-bond acceptors (Lipinski definition) is 4. The Morgan fingerprint density at radius 2 is 2.07 bits per heavy atom. The van der Waals surface area contributed by atoms with Crippen molar-refractivity contribution in [1.82, 2.24) is 19.6 Å². The highest BCUT2D eigenvalue weighted by atomic mass is 35.5. The third-order valence-electron chi connectivity index (χ3n) is 4.72. The van der Waals surface area contributed by atoms with Crippen LogP contribution < -0.4 is 5.32 Å². The SMILES string of the molecule is Cc1nn(Cc2ccc(F)cc2Cl)c(C)c1NC(=O)c1ccc(Cn2cccn2)o1. The predicted octanol–water partition coefficient (Wildman–Crippen LogP) is 4.43. The summed E-state index contributed by atoms with van der Waals surface area (Å²) in [6.07, 6.45) is 3.50. The Morgan fingerprint density at radius 3 is 2.80 bits per heavy atom. The van der Waals surface area contributed by atoms with Gasteiger partial charge in [-0.15, -0.1) is 0 Å². The Labute approximate surface area is 177 Å². The minimum absolute atomic E-state index is 0.199. The largest absolute Gasteiger partial charge is 0.454 e. The maximum atomic E-state index is 13.3. The first-order valence-electron chi connectivity index (χ1n) is 9.26. The first kappa shape index (κ1) is 19.9. The van der Waals surface area contributed by atoms with Crippen LogP contribution in [-0.4, -0.2) is 25.5 Å². The average Bonchev–Trinajstić information content (AvgIpc) is 3.43. The molecular weight excluding hydrogens is 409 g/mol. The normalized spacial score (nSPS) is 11.1. The van der Waals surface area contributed by atoms with E-state index in [9.17, 15) is 9.18 Å². The van der Waals surface area contributed by atoms with E-state index in [-0.39, 0.29) is 11.7 Å². The van der Waals surface area contributed by atoms with Crippen molar-refractivity contribution in [2.75, 3.05) is 5.32 Å². The standard InChI is InChI=1S/C21H19ClFN5O2/c1-13-20(14(2)28(26-13)11-15-4-5-16(23)10-18(15)22)25-21(29)19-7-6-17(30-19)12-27-9-3-8-24-27/h3-10H,11-12H2,1-2H3,(H,25,29). The smallest absolute Gasteiger partial charge is 0.291 e. The maximum Gasteiger partial charge on any atom is 0.291 e. The first-order valence-corrected chi connectivity index (χ1v) is 9.64. The molecule has 0 radical (unpaired) electrons. The van der Waals surface area contributed by atoms with Gasteiger partial charge < -0.3 is 9.73 Å². The molecule has 1 N–H and O–H groups in total. The molecule has 3 heterocycles. The number of furan rings is 1. The lowest BCUT2D eigenvalue weighted by Gasteiger charge is -2.08. The quantitative estimate of drug-likeness (QED) is 0.493. The molecule has 4 aromatic rings. The second kappa shape index (κ2) is 8.16. The average molecular weight is 428 g/mol. The molecule has 9 heteroatoms. The van der Waals surface area contributed by atoms with Crippen molar-refractivity contribution in [2.45, 2.75) is 26.9 Å². The summed E-state index contributed by atoms with van der Waals surface area (Å²) in [5, 5.41) is 11.8. The van der Waals surface area contributed by atoms with Gasteiger partial charge in [0.05, 0.1) is 30.2 Å². The van der Waals surface area contributed by atoms with Gasteiger partial charge in [0.2, 0.25) is 0 Å². The summed E-state index contributed by atoms with van der Waals surface area (Å²) in [7, 11) is 0. The lowest BCUT2D eigenvalue weighted by Crippen LogP contribution is -2.12. The minimum atomic E-state index is -0.393. The van der Waals surface area contributed by atoms with Crippen LogP contribution >= 0.6 is 11.6 Å². The molecule has 0 spiro atoms. The minimum Gasteiger partial charge on any atom is -0.454 e. The molecule has 30 heavy (non-hydrogen) atoms. The van der Waals surface area contributed by atoms with Crippen molar-refractivity contribution in [3.63, 3.8) is 0 Å². The third kappa shape index (κ3) is 4.13. The van der Waals surface area contributed by atoms with E-state index in [1.165, 1.54) is 12.1 Å². The van der Waals surface area contributed by atoms with E-state index in [1.807, 2.05) is 19.2 Å². The third-order valence-corrected chi connectivity index (χ3v) is 5.07. The molecule has 0 bridgehead atoms. The van der Waals surface area contributed by atoms with Crippen LogP contribution in [-0.2, 0) is 13.1 Å². The molecule has 3 aromatic heterocycles. The number of hydrogen-bond donors (Lipinski definition) is 1. The fourth-order valence-electron chi connectivity index (χ4n) is 3.16. The summed E-state index contributed by atoms with van der Waals surface area (Å²) >= 11 is 6.13. The van der Waals surface area contributed by atoms with Gasteiger partial charge in [0.1, 0.15) is 11.6 Å². The van der Waals surface area contributed by atoms with Crippen molar-refractivity contribution in [3.05, 3.63) is 88.1 Å². The van der Waals surface area contributed by atoms with Gasteiger partial charge in [0.15, 0.2) is 5.76 Å². The number of aryl methyl sites for hydroxylation is 1. The number of nitrogens with zero attached hydrogens (tertiary/aromatic N) is 4. The molecule has 0 atom stereocenters. The van der Waals surface area contributed by atoms with Crippen LogP contribution in [0.1, 0.15) is 33.3 Å². The van der Waals surface area contributed by atoms with E-state index in [0.29, 0.717) is 35.3 Å². The van der Waals surface area contributed by atoms with E-state index in [4.69, 9.17) is 16.0 Å². The van der Waals surface area contributed by atoms with Gasteiger partial charge in [-0.3, -0.25) is 14.2 Å². The summed E-state index contributed by atoms with van der Waals surface area (Å²) in [5.74, 6) is 0.0620. The van der Waals surface area contributed by atoms with E-state index >= 15 is 0 Å². The maximum absolute atomic E-state index is 13.3. The van der Waals surface area contributed by atoms with Crippen molar-refractivity contribution in [2.24, 2.45) is 0 Å². The molecule has 0 fully saturated rings. The van der Waals surface area contributed by atoms with Crippen LogP contribution in [0, 0.1) is 19.7 Å². The fourth-order valence-corrected chi connectivity index (χ4v) is 3.38. The summed E-state index contributed by atoms with van der Waals surface area (Å²) in [4.78, 5) is 12.7. The van der Waals surface area contributed by atoms with E-state index in [0.717, 1.165) is 11.3 Å². The van der Waals surface area contributed by atoms with Gasteiger partial charge in [-0.05, 0) is 49.7 Å². The number of amides is 1. The molecule has 1 amide bonds. The van der Waals surface area contributed by atoms with Crippen molar-refractivity contribution in [3.8, 4) is 0 Å². The number of carbonyl (C=O) groups excluding carboxylic acids is 1. The molecule has 7 nitrogen and oxygen atoms in total. The number of anilines is 1. The van der Waals surface area contributed by atoms with Gasteiger partial charge in [-0.1, -0.05) is 17.7 Å². The zero-order chi connectivity index (χ0) is 21.3. The van der Waals surface area contributed by atoms with Crippen molar-refractivity contribution < 1.29 is 13.6 Å². The van der Waals surface area contributed by atoms with Gasteiger partial charge in [-0.2, -0.15) is 10.2 Å². The Balaban J connectivity index is 1.49.